The number of nitrogens with zero attached hydrogens (tertiary/aromatic N) is 1. The summed E-state index contributed by atoms with van der Waals surface area (Å²) >= 11 is 0. The van der Waals surface area contributed by atoms with Crippen molar-refractivity contribution in [3.05, 3.63) is 53.7 Å². The van der Waals surface area contributed by atoms with E-state index >= 15 is 0 Å². The molecule has 1 heterocycles. The number of nitrogens with one attached hydrogen (secondary N) is 1. The molecular weight excluding hydrogens is 280 g/mol. The number of hydrogen-bond donors (Lipinski definition) is 1. The first kappa shape index (κ1) is 16.1. The molecule has 1 N–H and O–H groups in total. The lowest BCUT2D eigenvalue weighted by Gasteiger charge is -2.37. The number of benzene rings is 2. The van der Waals surface area contributed by atoms with E-state index in [1.807, 2.05) is 0 Å². The van der Waals surface area contributed by atoms with Crippen molar-refractivity contribution in [2.75, 3.05) is 7.05 Å². The van der Waals surface area contributed by atoms with Crippen LogP contribution in [0.4, 0.5) is 0 Å². The highest BCUT2D eigenvalue weighted by atomic mass is 15.2. The zero-order valence-corrected chi connectivity index (χ0v) is 14.9. The van der Waals surface area contributed by atoms with Crippen molar-refractivity contribution in [1.82, 2.24) is 10.2 Å². The number of hydrogen-bond acceptors (Lipinski definition) is 2. The first-order chi connectivity index (χ1) is 10.8. The predicted octanol–water partition coefficient (Wildman–Crippen LogP) is 5.17. The maximum Gasteiger partial charge on any atom is 0.106 e. The molecule has 0 bridgehead atoms. The highest BCUT2D eigenvalue weighted by Crippen LogP contribution is 2.34. The maximum absolute atomic E-state index is 3.85. The predicted molar refractivity (Wildman–Crippen MR) is 100 cm³/mol. The van der Waals surface area contributed by atoms with Crippen molar-refractivity contribution in [3.63, 3.8) is 0 Å². The van der Waals surface area contributed by atoms with Crippen molar-refractivity contribution < 1.29 is 0 Å². The molecule has 2 heteroatoms. The Morgan fingerprint density at radius 3 is 2.61 bits per heavy atom. The van der Waals surface area contributed by atoms with Crippen LogP contribution in [0, 0.1) is 5.41 Å². The average molecular weight is 308 g/mol. The van der Waals surface area contributed by atoms with Crippen LogP contribution < -0.4 is 5.32 Å². The van der Waals surface area contributed by atoms with Gasteiger partial charge < -0.3 is 4.90 Å². The lowest BCUT2D eigenvalue weighted by atomic mass is 9.88. The molecule has 2 nitrogen and oxygen atoms in total. The van der Waals surface area contributed by atoms with Crippen LogP contribution in [0.2, 0.25) is 0 Å². The van der Waals surface area contributed by atoms with E-state index in [-0.39, 0.29) is 6.17 Å². The molecule has 0 spiro atoms. The van der Waals surface area contributed by atoms with Crippen LogP contribution in [-0.2, 0) is 0 Å². The molecule has 0 aromatic heterocycles. The van der Waals surface area contributed by atoms with E-state index in [0.717, 1.165) is 6.42 Å². The van der Waals surface area contributed by atoms with E-state index in [4.69, 9.17) is 0 Å². The van der Waals surface area contributed by atoms with Gasteiger partial charge in [0.15, 0.2) is 0 Å². The summed E-state index contributed by atoms with van der Waals surface area (Å²) in [6.07, 6.45) is 5.77. The molecule has 0 radical (unpaired) electrons. The molecule has 0 fully saturated rings. The highest BCUT2D eigenvalue weighted by molar-refractivity contribution is 5.89. The third kappa shape index (κ3) is 3.42. The summed E-state index contributed by atoms with van der Waals surface area (Å²) in [4.78, 5) is 2.29. The molecule has 122 valence electrons. The molecule has 1 unspecified atom stereocenters. The Hall–Kier alpha value is -1.80. The summed E-state index contributed by atoms with van der Waals surface area (Å²) in [5.41, 5.74) is 3.05. The smallest absolute Gasteiger partial charge is 0.106 e. The molecule has 1 aliphatic rings. The van der Waals surface area contributed by atoms with Crippen molar-refractivity contribution in [2.45, 2.75) is 46.3 Å². The Balaban J connectivity index is 1.99. The summed E-state index contributed by atoms with van der Waals surface area (Å²) in [6.45, 7) is 9.21. The summed E-state index contributed by atoms with van der Waals surface area (Å²) in [6, 6.07) is 13.6. The van der Waals surface area contributed by atoms with E-state index in [1.54, 1.807) is 0 Å². The third-order valence-corrected chi connectivity index (χ3v) is 4.54. The van der Waals surface area contributed by atoms with Crippen LogP contribution in [0.15, 0.2) is 42.6 Å². The van der Waals surface area contributed by atoms with Gasteiger partial charge in [-0.1, -0.05) is 57.2 Å². The second-order valence-electron chi connectivity index (χ2n) is 8.01. The molecule has 0 aliphatic carbocycles. The van der Waals surface area contributed by atoms with Crippen LogP contribution in [0.25, 0.3) is 16.8 Å². The second-order valence-corrected chi connectivity index (χ2v) is 8.01. The van der Waals surface area contributed by atoms with Gasteiger partial charge in [-0.3, -0.25) is 5.32 Å². The Morgan fingerprint density at radius 1 is 1.13 bits per heavy atom. The minimum Gasteiger partial charge on any atom is -0.361 e. The fraction of sp³-hybridized carbons (Fsp3) is 0.429. The zero-order chi connectivity index (χ0) is 16.6. The van der Waals surface area contributed by atoms with Crippen molar-refractivity contribution in [3.8, 4) is 0 Å². The standard InChI is InChI=1S/C21H28N2/c1-15(14-21(2,3)4)22-20-19-17(12-13-23(20)5)11-10-16-8-6-7-9-18(16)19/h6-13,15,20,22H,14H2,1-5H3/t15-,20?/m1/s1. The first-order valence-electron chi connectivity index (χ1n) is 8.53. The molecule has 0 saturated heterocycles. The monoisotopic (exact) mass is 308 g/mol. The van der Waals surface area contributed by atoms with E-state index in [2.05, 4.69) is 93.6 Å². The van der Waals surface area contributed by atoms with Gasteiger partial charge in [0.2, 0.25) is 0 Å². The van der Waals surface area contributed by atoms with Crippen molar-refractivity contribution >= 4 is 16.8 Å². The largest absolute Gasteiger partial charge is 0.361 e. The topological polar surface area (TPSA) is 15.3 Å². The Morgan fingerprint density at radius 2 is 1.87 bits per heavy atom. The van der Waals surface area contributed by atoms with Crippen LogP contribution in [0.3, 0.4) is 0 Å². The zero-order valence-electron chi connectivity index (χ0n) is 14.9. The molecule has 3 rings (SSSR count). The Labute approximate surface area is 140 Å². The van der Waals surface area contributed by atoms with E-state index in [1.165, 1.54) is 21.9 Å². The summed E-state index contributed by atoms with van der Waals surface area (Å²) in [5, 5.41) is 6.51. The molecular formula is C21H28N2. The van der Waals surface area contributed by atoms with Gasteiger partial charge in [-0.25, -0.2) is 0 Å². The van der Waals surface area contributed by atoms with Gasteiger partial charge in [0.05, 0.1) is 0 Å². The SMILES string of the molecule is C[C@H](CC(C)(C)C)NC1c2c(ccc3ccccc23)C=CN1C. The molecule has 1 aliphatic heterocycles. The molecule has 2 atom stereocenters. The van der Waals surface area contributed by atoms with Gasteiger partial charge in [0.1, 0.15) is 6.17 Å². The van der Waals surface area contributed by atoms with Gasteiger partial charge in [0, 0.05) is 24.9 Å². The summed E-state index contributed by atoms with van der Waals surface area (Å²) < 4.78 is 0. The van der Waals surface area contributed by atoms with E-state index in [0.29, 0.717) is 11.5 Å². The van der Waals surface area contributed by atoms with Gasteiger partial charge in [-0.05, 0) is 41.2 Å². The summed E-state index contributed by atoms with van der Waals surface area (Å²) in [7, 11) is 2.16. The van der Waals surface area contributed by atoms with Gasteiger partial charge >= 0.3 is 0 Å². The quantitative estimate of drug-likeness (QED) is 0.841. The molecule has 0 amide bonds. The van der Waals surface area contributed by atoms with Gasteiger partial charge in [-0.2, -0.15) is 0 Å². The summed E-state index contributed by atoms with van der Waals surface area (Å²) in [5.74, 6) is 0. The minimum absolute atomic E-state index is 0.221. The highest BCUT2D eigenvalue weighted by Gasteiger charge is 2.26. The van der Waals surface area contributed by atoms with Gasteiger partial charge in [-0.15, -0.1) is 0 Å². The molecule has 23 heavy (non-hydrogen) atoms. The van der Waals surface area contributed by atoms with E-state index in [9.17, 15) is 0 Å². The van der Waals surface area contributed by atoms with Crippen molar-refractivity contribution in [2.24, 2.45) is 5.41 Å². The van der Waals surface area contributed by atoms with Crippen LogP contribution in [0.1, 0.15) is 51.4 Å². The number of rotatable bonds is 3. The van der Waals surface area contributed by atoms with Crippen LogP contribution in [0.5, 0.6) is 0 Å². The average Bonchev–Trinajstić information content (AvgIpc) is 2.47. The Kier molecular flexibility index (Phi) is 4.20. The van der Waals surface area contributed by atoms with Crippen molar-refractivity contribution in [1.29, 1.82) is 0 Å². The molecule has 0 saturated carbocycles. The third-order valence-electron chi connectivity index (χ3n) is 4.54. The Bertz CT molecular complexity index is 724. The lowest BCUT2D eigenvalue weighted by Crippen LogP contribution is -2.41. The lowest BCUT2D eigenvalue weighted by molar-refractivity contribution is 0.224. The van der Waals surface area contributed by atoms with Gasteiger partial charge in [0.25, 0.3) is 0 Å². The normalized spacial score (nSPS) is 19.0. The fourth-order valence-electron chi connectivity index (χ4n) is 3.70. The number of fused-ring (bicyclic) bond motifs is 3. The first-order valence-corrected chi connectivity index (χ1v) is 8.53. The molecule has 2 aromatic rings. The van der Waals surface area contributed by atoms with E-state index < -0.39 is 0 Å². The molecule has 2 aromatic carbocycles. The minimum atomic E-state index is 0.221. The van der Waals surface area contributed by atoms with Crippen LogP contribution >= 0.6 is 0 Å². The maximum atomic E-state index is 3.85. The second kappa shape index (κ2) is 6.01. The fourth-order valence-corrected chi connectivity index (χ4v) is 3.70. The van der Waals surface area contributed by atoms with Crippen LogP contribution in [-0.4, -0.2) is 18.0 Å².